The molecule has 0 radical (unpaired) electrons. The lowest BCUT2D eigenvalue weighted by atomic mass is 10.1. The molecule has 2 rings (SSSR count). The predicted molar refractivity (Wildman–Crippen MR) is 78.2 cm³/mol. The maximum absolute atomic E-state index is 12.2. The van der Waals surface area contributed by atoms with Crippen LogP contribution in [0.5, 0.6) is 5.75 Å². The average molecular weight is 321 g/mol. The summed E-state index contributed by atoms with van der Waals surface area (Å²) in [7, 11) is 1.51. The molecule has 1 atom stereocenters. The Hall–Kier alpha value is -2.54. The van der Waals surface area contributed by atoms with E-state index in [1.165, 1.54) is 20.1 Å². The fourth-order valence-electron chi connectivity index (χ4n) is 2.07. The van der Waals surface area contributed by atoms with E-state index in [4.69, 9.17) is 18.6 Å². The van der Waals surface area contributed by atoms with Crippen LogP contribution in [0.15, 0.2) is 22.6 Å². The van der Waals surface area contributed by atoms with Crippen LogP contribution in [0.2, 0.25) is 0 Å². The molecule has 124 valence electrons. The first-order chi connectivity index (χ1) is 10.9. The van der Waals surface area contributed by atoms with E-state index in [2.05, 4.69) is 0 Å². The number of carboxylic acid groups (broad SMARTS) is 1. The number of carboxylic acids is 1. The van der Waals surface area contributed by atoms with E-state index in [9.17, 15) is 14.7 Å². The molecule has 0 N–H and O–H groups in total. The van der Waals surface area contributed by atoms with Gasteiger partial charge in [0.25, 0.3) is 0 Å². The maximum Gasteiger partial charge on any atom is 0.342 e. The summed E-state index contributed by atoms with van der Waals surface area (Å²) in [5.41, 5.74) is 0.761. The van der Waals surface area contributed by atoms with E-state index in [-0.39, 0.29) is 18.8 Å². The third kappa shape index (κ3) is 3.81. The molecule has 7 heteroatoms. The van der Waals surface area contributed by atoms with E-state index < -0.39 is 18.0 Å². The number of aryl methyl sites for hydroxylation is 1. The van der Waals surface area contributed by atoms with Crippen molar-refractivity contribution in [2.75, 3.05) is 20.3 Å². The maximum atomic E-state index is 12.2. The summed E-state index contributed by atoms with van der Waals surface area (Å²) in [5, 5.41) is 11.2. The summed E-state index contributed by atoms with van der Waals surface area (Å²) in [6.45, 7) is 3.43. The average Bonchev–Trinajstić information content (AvgIpc) is 2.82. The van der Waals surface area contributed by atoms with Crippen molar-refractivity contribution in [3.63, 3.8) is 0 Å². The van der Waals surface area contributed by atoms with E-state index in [1.807, 2.05) is 0 Å². The van der Waals surface area contributed by atoms with Crippen LogP contribution in [0.3, 0.4) is 0 Å². The third-order valence-electron chi connectivity index (χ3n) is 3.21. The standard InChI is InChI=1S/C16H18O7/c1-9-14(16(19)21-7-6-20-3)12-8-11(4-5-13(12)23-9)22-10(2)15(17)18/h4-5,8,10H,6-7H2,1-3H3,(H,17,18)/p-1/t10-/m0/s1. The molecular weight excluding hydrogens is 304 g/mol. The van der Waals surface area contributed by atoms with E-state index in [0.717, 1.165) is 0 Å². The molecule has 1 aromatic carbocycles. The number of carbonyl (C=O) groups is 2. The molecule has 0 spiro atoms. The van der Waals surface area contributed by atoms with Gasteiger partial charge in [0.05, 0.1) is 12.6 Å². The number of furan rings is 1. The van der Waals surface area contributed by atoms with Gasteiger partial charge in [-0.1, -0.05) is 0 Å². The number of benzene rings is 1. The number of ether oxygens (including phenoxy) is 3. The molecule has 1 aromatic heterocycles. The number of rotatable bonds is 7. The van der Waals surface area contributed by atoms with E-state index in [0.29, 0.717) is 22.5 Å². The molecule has 23 heavy (non-hydrogen) atoms. The normalized spacial score (nSPS) is 12.1. The van der Waals surface area contributed by atoms with E-state index >= 15 is 0 Å². The molecule has 7 nitrogen and oxygen atoms in total. The Labute approximate surface area is 132 Å². The highest BCUT2D eigenvalue weighted by atomic mass is 16.6. The van der Waals surface area contributed by atoms with Crippen LogP contribution < -0.4 is 9.84 Å². The molecule has 0 aliphatic heterocycles. The van der Waals surface area contributed by atoms with Gasteiger partial charge in [-0.2, -0.15) is 0 Å². The summed E-state index contributed by atoms with van der Waals surface area (Å²) < 4.78 is 20.7. The number of esters is 1. The third-order valence-corrected chi connectivity index (χ3v) is 3.21. The molecule has 0 bridgehead atoms. The first-order valence-corrected chi connectivity index (χ1v) is 7.00. The first kappa shape index (κ1) is 16.8. The van der Waals surface area contributed by atoms with Crippen LogP contribution in [-0.2, 0) is 14.3 Å². The van der Waals surface area contributed by atoms with Gasteiger partial charge in [-0.3, -0.25) is 0 Å². The van der Waals surface area contributed by atoms with Crippen LogP contribution in [0.4, 0.5) is 0 Å². The van der Waals surface area contributed by atoms with Gasteiger partial charge < -0.3 is 28.5 Å². The second-order valence-corrected chi connectivity index (χ2v) is 4.90. The Morgan fingerprint density at radius 2 is 2.04 bits per heavy atom. The predicted octanol–water partition coefficient (Wildman–Crippen LogP) is 1.06. The van der Waals surface area contributed by atoms with Crippen molar-refractivity contribution >= 4 is 22.9 Å². The first-order valence-electron chi connectivity index (χ1n) is 7.00. The fraction of sp³-hybridized carbons (Fsp3) is 0.375. The largest absolute Gasteiger partial charge is 0.546 e. The molecular formula is C16H17O7-. The summed E-state index contributed by atoms with van der Waals surface area (Å²) in [6.07, 6.45) is -1.11. The molecule has 0 fully saturated rings. The van der Waals surface area contributed by atoms with E-state index in [1.54, 1.807) is 19.1 Å². The molecule has 0 saturated heterocycles. The smallest absolute Gasteiger partial charge is 0.342 e. The summed E-state index contributed by atoms with van der Waals surface area (Å²) >= 11 is 0. The molecule has 2 aromatic rings. The number of aliphatic carboxylic acids is 1. The lowest BCUT2D eigenvalue weighted by Gasteiger charge is -2.15. The van der Waals surface area contributed by atoms with Gasteiger partial charge in [-0.15, -0.1) is 0 Å². The zero-order valence-corrected chi connectivity index (χ0v) is 13.1. The molecule has 0 unspecified atom stereocenters. The van der Waals surface area contributed by atoms with Crippen LogP contribution in [0.25, 0.3) is 11.0 Å². The SMILES string of the molecule is COCCOC(=O)c1c(C)oc2ccc(O[C@@H](C)C(=O)[O-])cc12. The van der Waals surface area contributed by atoms with Gasteiger partial charge in [-0.25, -0.2) is 4.79 Å². The van der Waals surface area contributed by atoms with Gasteiger partial charge in [0, 0.05) is 12.5 Å². The Morgan fingerprint density at radius 1 is 1.30 bits per heavy atom. The van der Waals surface area contributed by atoms with Crippen LogP contribution in [0.1, 0.15) is 23.0 Å². The number of carbonyl (C=O) groups excluding carboxylic acids is 2. The number of hydrogen-bond donors (Lipinski definition) is 0. The van der Waals surface area contributed by atoms with Crippen LogP contribution in [0, 0.1) is 6.92 Å². The number of hydrogen-bond acceptors (Lipinski definition) is 7. The monoisotopic (exact) mass is 321 g/mol. The number of methoxy groups -OCH3 is 1. The minimum absolute atomic E-state index is 0.124. The second kappa shape index (κ2) is 7.15. The topological polar surface area (TPSA) is 98.0 Å². The highest BCUT2D eigenvalue weighted by molar-refractivity contribution is 6.04. The Morgan fingerprint density at radius 3 is 2.70 bits per heavy atom. The van der Waals surface area contributed by atoms with Crippen molar-refractivity contribution in [3.8, 4) is 5.75 Å². The zero-order valence-electron chi connectivity index (χ0n) is 13.1. The highest BCUT2D eigenvalue weighted by Crippen LogP contribution is 2.30. The van der Waals surface area contributed by atoms with Crippen molar-refractivity contribution in [3.05, 3.63) is 29.5 Å². The lowest BCUT2D eigenvalue weighted by molar-refractivity contribution is -0.312. The van der Waals surface area contributed by atoms with Crippen molar-refractivity contribution in [2.45, 2.75) is 20.0 Å². The van der Waals surface area contributed by atoms with Crippen molar-refractivity contribution in [2.24, 2.45) is 0 Å². The zero-order chi connectivity index (χ0) is 17.0. The van der Waals surface area contributed by atoms with Crippen molar-refractivity contribution < 1.29 is 33.3 Å². The quantitative estimate of drug-likeness (QED) is 0.555. The highest BCUT2D eigenvalue weighted by Gasteiger charge is 2.20. The van der Waals surface area contributed by atoms with Crippen molar-refractivity contribution in [1.82, 2.24) is 0 Å². The minimum Gasteiger partial charge on any atom is -0.546 e. The van der Waals surface area contributed by atoms with Gasteiger partial charge in [0.2, 0.25) is 0 Å². The molecule has 0 amide bonds. The van der Waals surface area contributed by atoms with Gasteiger partial charge >= 0.3 is 5.97 Å². The lowest BCUT2D eigenvalue weighted by Crippen LogP contribution is -2.37. The Kier molecular flexibility index (Phi) is 5.23. The summed E-state index contributed by atoms with van der Waals surface area (Å²) in [5.74, 6) is -1.16. The molecule has 1 heterocycles. The molecule has 0 aliphatic carbocycles. The summed E-state index contributed by atoms with van der Waals surface area (Å²) in [4.78, 5) is 22.9. The van der Waals surface area contributed by atoms with Gasteiger partial charge in [0.15, 0.2) is 0 Å². The minimum atomic E-state index is -1.33. The molecule has 0 aliphatic rings. The van der Waals surface area contributed by atoms with Gasteiger partial charge in [-0.05, 0) is 32.0 Å². The fourth-order valence-corrected chi connectivity index (χ4v) is 2.07. The Bertz CT molecular complexity index is 717. The molecule has 0 saturated carbocycles. The van der Waals surface area contributed by atoms with Crippen LogP contribution in [-0.4, -0.2) is 38.4 Å². The number of fused-ring (bicyclic) bond motifs is 1. The van der Waals surface area contributed by atoms with Crippen molar-refractivity contribution in [1.29, 1.82) is 0 Å². The van der Waals surface area contributed by atoms with Crippen LogP contribution >= 0.6 is 0 Å². The summed E-state index contributed by atoms with van der Waals surface area (Å²) in [6, 6.07) is 4.70. The van der Waals surface area contributed by atoms with Gasteiger partial charge in [0.1, 0.15) is 35.4 Å². The second-order valence-electron chi connectivity index (χ2n) is 4.90. The Balaban J connectivity index is 2.31.